The van der Waals surface area contributed by atoms with E-state index in [1.165, 1.54) is 11.1 Å². The molecule has 0 radical (unpaired) electrons. The number of rotatable bonds is 7. The Morgan fingerprint density at radius 3 is 2.52 bits per heavy atom. The molecule has 1 atom stereocenters. The molecule has 1 aromatic carbocycles. The van der Waals surface area contributed by atoms with E-state index in [4.69, 9.17) is 9.47 Å². The standard InChI is InChI=1S/C22H32N4O2S/c1-17(19-7-12-29-16-19)14-24-22(23-2)26-10-8-25(9-11-26)15-18-5-6-20(27-3)21(13-18)28-4/h5-7,12-13,16-17H,8-11,14-15H2,1-4H3,(H,23,24). The third-order valence-corrected chi connectivity index (χ3v) is 6.12. The minimum atomic E-state index is 0.476. The predicted molar refractivity (Wildman–Crippen MR) is 120 cm³/mol. The van der Waals surface area contributed by atoms with Gasteiger partial charge in [-0.1, -0.05) is 13.0 Å². The fraction of sp³-hybridized carbons (Fsp3) is 0.500. The minimum absolute atomic E-state index is 0.476. The number of aliphatic imine (C=N–C) groups is 1. The highest BCUT2D eigenvalue weighted by atomic mass is 32.1. The maximum absolute atomic E-state index is 5.43. The normalized spacial score (nSPS) is 16.6. The summed E-state index contributed by atoms with van der Waals surface area (Å²) in [6, 6.07) is 8.36. The van der Waals surface area contributed by atoms with Crippen LogP contribution in [0, 0.1) is 0 Å². The number of piperazine rings is 1. The number of guanidine groups is 1. The van der Waals surface area contributed by atoms with E-state index in [-0.39, 0.29) is 0 Å². The van der Waals surface area contributed by atoms with Crippen LogP contribution in [0.3, 0.4) is 0 Å². The highest BCUT2D eigenvalue weighted by molar-refractivity contribution is 7.07. The van der Waals surface area contributed by atoms with Gasteiger partial charge in [-0.15, -0.1) is 0 Å². The van der Waals surface area contributed by atoms with Gasteiger partial charge in [0.25, 0.3) is 0 Å². The van der Waals surface area contributed by atoms with E-state index in [0.717, 1.165) is 56.7 Å². The highest BCUT2D eigenvalue weighted by Gasteiger charge is 2.20. The Bertz CT molecular complexity index is 786. The second-order valence-corrected chi connectivity index (χ2v) is 8.12. The lowest BCUT2D eigenvalue weighted by Crippen LogP contribution is -2.52. The summed E-state index contributed by atoms with van der Waals surface area (Å²) in [5, 5.41) is 7.91. The minimum Gasteiger partial charge on any atom is -0.493 e. The quantitative estimate of drug-likeness (QED) is 0.555. The molecule has 0 bridgehead atoms. The number of ether oxygens (including phenoxy) is 2. The first-order valence-electron chi connectivity index (χ1n) is 10.1. The van der Waals surface area contributed by atoms with Crippen LogP contribution in [0.2, 0.25) is 0 Å². The molecule has 1 aromatic heterocycles. The van der Waals surface area contributed by atoms with Crippen molar-refractivity contribution in [2.24, 2.45) is 4.99 Å². The number of hydrogen-bond donors (Lipinski definition) is 1. The van der Waals surface area contributed by atoms with E-state index in [2.05, 4.69) is 56.0 Å². The Balaban J connectivity index is 1.49. The summed E-state index contributed by atoms with van der Waals surface area (Å²) in [7, 11) is 5.21. The average molecular weight is 417 g/mol. The van der Waals surface area contributed by atoms with E-state index in [0.29, 0.717) is 5.92 Å². The molecule has 158 valence electrons. The summed E-state index contributed by atoms with van der Waals surface area (Å²) in [5.74, 6) is 3.03. The third-order valence-electron chi connectivity index (χ3n) is 5.42. The number of thiophene rings is 1. The average Bonchev–Trinajstić information content (AvgIpc) is 3.30. The van der Waals surface area contributed by atoms with Crippen LogP contribution < -0.4 is 14.8 Å². The number of methoxy groups -OCH3 is 2. The lowest BCUT2D eigenvalue weighted by molar-refractivity contribution is 0.172. The predicted octanol–water partition coefficient (Wildman–Crippen LogP) is 3.26. The van der Waals surface area contributed by atoms with Gasteiger partial charge in [0.1, 0.15) is 0 Å². The number of nitrogens with one attached hydrogen (secondary N) is 1. The van der Waals surface area contributed by atoms with E-state index < -0.39 is 0 Å². The Labute approximate surface area is 178 Å². The van der Waals surface area contributed by atoms with Crippen molar-refractivity contribution in [3.05, 3.63) is 46.2 Å². The number of nitrogens with zero attached hydrogens (tertiary/aromatic N) is 3. The summed E-state index contributed by atoms with van der Waals surface area (Å²) in [6.45, 7) is 8.03. The first kappa shape index (κ1) is 21.5. The van der Waals surface area contributed by atoms with Crippen LogP contribution in [-0.4, -0.2) is 69.8 Å². The van der Waals surface area contributed by atoms with Crippen LogP contribution in [0.25, 0.3) is 0 Å². The van der Waals surface area contributed by atoms with Gasteiger partial charge in [0.05, 0.1) is 14.2 Å². The van der Waals surface area contributed by atoms with E-state index in [1.54, 1.807) is 25.6 Å². The van der Waals surface area contributed by atoms with Gasteiger partial charge in [-0.3, -0.25) is 9.89 Å². The van der Waals surface area contributed by atoms with Crippen molar-refractivity contribution in [2.45, 2.75) is 19.4 Å². The molecule has 1 fully saturated rings. The van der Waals surface area contributed by atoms with Crippen molar-refractivity contribution >= 4 is 17.3 Å². The van der Waals surface area contributed by atoms with E-state index in [1.807, 2.05) is 13.1 Å². The maximum Gasteiger partial charge on any atom is 0.193 e. The molecule has 1 unspecified atom stereocenters. The monoisotopic (exact) mass is 416 g/mol. The van der Waals surface area contributed by atoms with Crippen molar-refractivity contribution < 1.29 is 9.47 Å². The SMILES string of the molecule is CN=C(NCC(C)c1ccsc1)N1CCN(Cc2ccc(OC)c(OC)c2)CC1. The molecular formula is C22H32N4O2S. The molecule has 2 aromatic rings. The molecule has 1 saturated heterocycles. The largest absolute Gasteiger partial charge is 0.493 e. The molecule has 1 aliphatic rings. The van der Waals surface area contributed by atoms with Crippen LogP contribution in [0.1, 0.15) is 24.0 Å². The zero-order chi connectivity index (χ0) is 20.6. The van der Waals surface area contributed by atoms with Crippen molar-refractivity contribution in [2.75, 3.05) is 54.0 Å². The number of hydrogen-bond acceptors (Lipinski definition) is 5. The molecule has 1 N–H and O–H groups in total. The van der Waals surface area contributed by atoms with Gasteiger partial charge in [0, 0.05) is 46.3 Å². The Morgan fingerprint density at radius 2 is 1.90 bits per heavy atom. The fourth-order valence-electron chi connectivity index (χ4n) is 3.60. The molecule has 1 aliphatic heterocycles. The topological polar surface area (TPSA) is 49.3 Å². The molecule has 6 nitrogen and oxygen atoms in total. The van der Waals surface area contributed by atoms with E-state index in [9.17, 15) is 0 Å². The summed E-state index contributed by atoms with van der Waals surface area (Å²) >= 11 is 1.75. The van der Waals surface area contributed by atoms with Gasteiger partial charge in [-0.25, -0.2) is 0 Å². The molecule has 7 heteroatoms. The van der Waals surface area contributed by atoms with E-state index >= 15 is 0 Å². The van der Waals surface area contributed by atoms with Crippen LogP contribution in [0.5, 0.6) is 11.5 Å². The molecular weight excluding hydrogens is 384 g/mol. The maximum atomic E-state index is 5.43. The Hall–Kier alpha value is -2.25. The van der Waals surface area contributed by atoms with Crippen molar-refractivity contribution in [1.29, 1.82) is 0 Å². The van der Waals surface area contributed by atoms with Crippen molar-refractivity contribution in [3.8, 4) is 11.5 Å². The number of benzene rings is 1. The van der Waals surface area contributed by atoms with Gasteiger partial charge in [-0.05, 0) is 46.0 Å². The lowest BCUT2D eigenvalue weighted by Gasteiger charge is -2.36. The Kier molecular flexibility index (Phi) is 7.77. The summed E-state index contributed by atoms with van der Waals surface area (Å²) in [4.78, 5) is 9.32. The van der Waals surface area contributed by atoms with Gasteiger partial charge in [0.15, 0.2) is 17.5 Å². The molecule has 29 heavy (non-hydrogen) atoms. The second-order valence-electron chi connectivity index (χ2n) is 7.34. The highest BCUT2D eigenvalue weighted by Crippen LogP contribution is 2.28. The van der Waals surface area contributed by atoms with Gasteiger partial charge >= 0.3 is 0 Å². The van der Waals surface area contributed by atoms with Crippen molar-refractivity contribution in [1.82, 2.24) is 15.1 Å². The van der Waals surface area contributed by atoms with Crippen LogP contribution in [0.4, 0.5) is 0 Å². The smallest absolute Gasteiger partial charge is 0.193 e. The summed E-state index contributed by atoms with van der Waals surface area (Å²) < 4.78 is 10.8. The fourth-order valence-corrected chi connectivity index (χ4v) is 4.39. The van der Waals surface area contributed by atoms with Crippen LogP contribution in [0.15, 0.2) is 40.0 Å². The second kappa shape index (κ2) is 10.5. The first-order valence-corrected chi connectivity index (χ1v) is 11.0. The zero-order valence-electron chi connectivity index (χ0n) is 17.9. The van der Waals surface area contributed by atoms with Crippen LogP contribution >= 0.6 is 11.3 Å². The van der Waals surface area contributed by atoms with Gasteiger partial charge < -0.3 is 19.7 Å². The lowest BCUT2D eigenvalue weighted by atomic mass is 10.1. The Morgan fingerprint density at radius 1 is 1.14 bits per heavy atom. The van der Waals surface area contributed by atoms with Crippen LogP contribution in [-0.2, 0) is 6.54 Å². The molecule has 0 amide bonds. The molecule has 2 heterocycles. The molecule has 0 saturated carbocycles. The molecule has 0 spiro atoms. The summed E-state index contributed by atoms with van der Waals surface area (Å²) in [6.07, 6.45) is 0. The molecule has 3 rings (SSSR count). The van der Waals surface area contributed by atoms with Gasteiger partial charge in [0.2, 0.25) is 0 Å². The first-order chi connectivity index (χ1) is 14.1. The third kappa shape index (κ3) is 5.64. The zero-order valence-corrected chi connectivity index (χ0v) is 18.7. The summed E-state index contributed by atoms with van der Waals surface area (Å²) in [5.41, 5.74) is 2.63. The van der Waals surface area contributed by atoms with Gasteiger partial charge in [-0.2, -0.15) is 11.3 Å². The van der Waals surface area contributed by atoms with Crippen molar-refractivity contribution in [3.63, 3.8) is 0 Å². The molecule has 0 aliphatic carbocycles.